The number of hydrogen-bond acceptors (Lipinski definition) is 25. The van der Waals surface area contributed by atoms with Crippen LogP contribution < -0.4 is 10.6 Å². The summed E-state index contributed by atoms with van der Waals surface area (Å²) in [5.74, 6) is -7.58. The summed E-state index contributed by atoms with van der Waals surface area (Å²) in [4.78, 5) is 109. The molecule has 2 aromatic carbocycles. The highest BCUT2D eigenvalue weighted by Gasteiger charge is 2.81. The quantitative estimate of drug-likeness (QED) is 0.0407. The number of hydrogen-bond donors (Lipinski definition) is 6. The number of ether oxygens (including phenoxy) is 13. The van der Waals surface area contributed by atoms with Gasteiger partial charge in [0.1, 0.15) is 58.5 Å². The van der Waals surface area contributed by atoms with Gasteiger partial charge in [-0.25, -0.2) is 28.8 Å². The number of aliphatic hydroxyl groups is 4. The number of carbonyl (C=O) groups excluding carboxylic acids is 8. The Morgan fingerprint density at radius 2 is 0.924 bits per heavy atom. The van der Waals surface area contributed by atoms with Crippen molar-refractivity contribution in [3.63, 3.8) is 0 Å². The molecule has 27 heteroatoms. The number of carbonyl (C=O) groups is 8. The Morgan fingerprint density at radius 3 is 1.25 bits per heavy atom. The summed E-state index contributed by atoms with van der Waals surface area (Å²) >= 11 is 0. The van der Waals surface area contributed by atoms with Gasteiger partial charge >= 0.3 is 48.0 Å². The Hall–Kier alpha value is -7.60. The van der Waals surface area contributed by atoms with Crippen LogP contribution >= 0.6 is 0 Å². The van der Waals surface area contributed by atoms with Crippen molar-refractivity contribution >= 4 is 48.0 Å². The fourth-order valence-electron chi connectivity index (χ4n) is 22.5. The maximum absolute atomic E-state index is 14.4. The first-order chi connectivity index (χ1) is 54.8. The van der Waals surface area contributed by atoms with Crippen molar-refractivity contribution in [1.82, 2.24) is 10.6 Å². The van der Waals surface area contributed by atoms with Gasteiger partial charge in [-0.15, -0.1) is 0 Å². The predicted octanol–water partition coefficient (Wildman–Crippen LogP) is 12.2. The van der Waals surface area contributed by atoms with Crippen LogP contribution in [-0.2, 0) is 80.8 Å². The molecule has 6 N–H and O–H groups in total. The summed E-state index contributed by atoms with van der Waals surface area (Å²) in [5, 5.41) is 56.0. The SMILES string of the molecule is C=C[C@@H]1O[C@H]2C[C@H]3OC[C@@]3(OC(C)=O)[C@H]3[C@H](OC(=O)c4ccccc4)[C@]4(O)C[C@H](OC(=O)[C@H](O)C(CC(C)C)NC(=O)OC(C)(C)C)C(C)=C([C@H](C)[C@H](O1)[C@]23C)C4(C)C.C=C[C@H]1O[C@H]2C[C@H]3CC[C@@]3(OC(C)=O)[C@H]3[C@H](OC(=O)c4ccccc4)[C@]4(O)C[C@H](OC(=O)[C@H](O)[C@H](CC(C)C)NC(=O)OC(C)(C)C)C(C)=C(C(C)[C@H](O1)[C@]23C)C4(C)C. The standard InChI is InChI=1S/C46H65NO12.C45H63NO13/c1-13-33-55-32-22-29-19-20-45(29,58-27(6)48)36-38(57-39(50)28-17-15-14-16-18-28)46(53)23-31(25(4)34(43(46,10)11)26(5)37(56-33)44(32,36)12)54-40(51)35(49)30(21-24(2)3)47-41(52)59-42(7,8)9;1-13-32-55-30-20-31-44(22-53-31,58-26(6)47)35-37(57-38(49)27-17-15-14-16-18-27)45(52)21-29(24(4)33(42(45,10)11)25(5)36(56-32)43(30,35)12)54-39(50)34(48)28(19-23(2)3)46-40(51)59-41(7,8)9/h13-18,24,26,29-33,35-38,49,53H,1,19-23H2,2-12H3,(H,47,52);13-18,23,25,28-32,34-37,48,52H,1,19-22H2,2-12H3,(H,46,51)/t26?,29-,30+,31+,32+,33+,35-,36+,37+,38+,44-,45+,46-;25-,28?,29-,30-,31+,32+,34+,35-,36-,37-,43+,44-,45+/m10/s1. The molecule has 10 aliphatic rings. The van der Waals surface area contributed by atoms with Gasteiger partial charge in [0.15, 0.2) is 30.4 Å². The highest BCUT2D eigenvalue weighted by molar-refractivity contribution is 5.90. The van der Waals surface area contributed by atoms with Crippen LogP contribution in [0.2, 0.25) is 0 Å². The average molecular weight is 1650 g/mol. The Kier molecular flexibility index (Phi) is 25.7. The van der Waals surface area contributed by atoms with Crippen LogP contribution in [0.25, 0.3) is 0 Å². The van der Waals surface area contributed by atoms with Crippen molar-refractivity contribution in [3.8, 4) is 0 Å². The van der Waals surface area contributed by atoms with Crippen LogP contribution in [0.4, 0.5) is 9.59 Å². The second-order valence-electron chi connectivity index (χ2n) is 39.0. The van der Waals surface area contributed by atoms with E-state index >= 15 is 0 Å². The van der Waals surface area contributed by atoms with Crippen LogP contribution in [0.5, 0.6) is 0 Å². The minimum atomic E-state index is -2.02. The molecule has 118 heavy (non-hydrogen) atoms. The average Bonchev–Trinajstić information content (AvgIpc) is 0.667. The smallest absolute Gasteiger partial charge is 0.407 e. The van der Waals surface area contributed by atoms with Gasteiger partial charge in [0, 0.05) is 78.4 Å². The zero-order chi connectivity index (χ0) is 87.2. The Bertz CT molecular complexity index is 3940. The van der Waals surface area contributed by atoms with E-state index in [1.165, 1.54) is 13.8 Å². The monoisotopic (exact) mass is 1650 g/mol. The molecule has 3 heterocycles. The molecule has 8 fully saturated rings. The van der Waals surface area contributed by atoms with Crippen LogP contribution in [0.1, 0.15) is 224 Å². The van der Waals surface area contributed by atoms with E-state index in [9.17, 15) is 58.8 Å². The predicted molar refractivity (Wildman–Crippen MR) is 430 cm³/mol. The summed E-state index contributed by atoms with van der Waals surface area (Å²) in [5.41, 5.74) is -9.43. The zero-order valence-electron chi connectivity index (χ0n) is 72.8. The normalized spacial score (nSPS) is 36.8. The Morgan fingerprint density at radius 1 is 0.551 bits per heavy atom. The van der Waals surface area contributed by atoms with E-state index < -0.39 is 219 Å². The minimum Gasteiger partial charge on any atom is -0.458 e. The number of amides is 2. The van der Waals surface area contributed by atoms with Crippen molar-refractivity contribution in [2.24, 2.45) is 63.1 Å². The summed E-state index contributed by atoms with van der Waals surface area (Å²) in [6, 6.07) is 14.8. The number of benzene rings is 2. The lowest BCUT2D eigenvalue weighted by atomic mass is 9.39. The lowest BCUT2D eigenvalue weighted by molar-refractivity contribution is -0.403. The highest BCUT2D eigenvalue weighted by atomic mass is 16.7. The van der Waals surface area contributed by atoms with E-state index in [0.717, 1.165) is 12.0 Å². The van der Waals surface area contributed by atoms with Crippen molar-refractivity contribution in [3.05, 3.63) is 119 Å². The molecule has 27 nitrogen and oxygen atoms in total. The fourth-order valence-corrected chi connectivity index (χ4v) is 22.5. The highest BCUT2D eigenvalue weighted by Crippen LogP contribution is 2.72. The third-order valence-corrected chi connectivity index (χ3v) is 27.6. The van der Waals surface area contributed by atoms with Crippen LogP contribution in [-0.4, -0.2) is 200 Å². The van der Waals surface area contributed by atoms with Crippen LogP contribution in [0.3, 0.4) is 0 Å². The molecule has 0 aromatic heterocycles. The molecule has 0 spiro atoms. The molecule has 7 aliphatic carbocycles. The van der Waals surface area contributed by atoms with Gasteiger partial charge in [0.2, 0.25) is 0 Å². The lowest BCUT2D eigenvalue weighted by Gasteiger charge is -2.72. The molecule has 0 radical (unpaired) electrons. The topological polar surface area (TPSA) is 362 Å². The zero-order valence-corrected chi connectivity index (χ0v) is 72.8. The summed E-state index contributed by atoms with van der Waals surface area (Å²) in [6.45, 7) is 47.6. The summed E-state index contributed by atoms with van der Waals surface area (Å²) in [7, 11) is 0. The maximum atomic E-state index is 14.4. The van der Waals surface area contributed by atoms with Crippen LogP contribution in [0.15, 0.2) is 108 Å². The minimum absolute atomic E-state index is 0.0303. The molecule has 2 unspecified atom stereocenters. The lowest BCUT2D eigenvalue weighted by Crippen LogP contribution is -2.83. The first-order valence-corrected chi connectivity index (χ1v) is 41.8. The van der Waals surface area contributed by atoms with E-state index in [1.54, 1.807) is 114 Å². The fraction of sp³-hybridized carbons (Fsp3) is 0.692. The van der Waals surface area contributed by atoms with Gasteiger partial charge in [-0.1, -0.05) is 144 Å². The van der Waals surface area contributed by atoms with E-state index in [-0.39, 0.29) is 61.2 Å². The van der Waals surface area contributed by atoms with Gasteiger partial charge < -0.3 is 92.6 Å². The molecule has 4 bridgehead atoms. The van der Waals surface area contributed by atoms with Gasteiger partial charge in [0.05, 0.1) is 60.2 Å². The largest absolute Gasteiger partial charge is 0.458 e. The molecule has 2 amide bonds. The third kappa shape index (κ3) is 16.4. The molecule has 5 saturated carbocycles. The molecule has 652 valence electrons. The molecular formula is C91H128N2O25. The molecule has 2 aromatic rings. The number of esters is 6. The number of rotatable bonds is 20. The molecular weight excluding hydrogens is 1520 g/mol. The first kappa shape index (κ1) is 91.1. The maximum Gasteiger partial charge on any atom is 0.407 e. The van der Waals surface area contributed by atoms with E-state index in [0.29, 0.717) is 36.0 Å². The van der Waals surface area contributed by atoms with E-state index in [1.807, 2.05) is 96.9 Å². The van der Waals surface area contributed by atoms with Gasteiger partial charge in [0.25, 0.3) is 0 Å². The summed E-state index contributed by atoms with van der Waals surface area (Å²) < 4.78 is 82.5. The molecule has 3 aliphatic heterocycles. The van der Waals surface area contributed by atoms with Crippen molar-refractivity contribution in [2.75, 3.05) is 6.61 Å². The second kappa shape index (κ2) is 33.3. The van der Waals surface area contributed by atoms with Gasteiger partial charge in [-0.3, -0.25) is 9.59 Å². The van der Waals surface area contributed by atoms with Gasteiger partial charge in [-0.05, 0) is 147 Å². The number of aliphatic hydroxyl groups excluding tert-OH is 2. The van der Waals surface area contributed by atoms with Crippen LogP contribution in [0, 0.1) is 63.1 Å². The van der Waals surface area contributed by atoms with E-state index in [4.69, 9.17) is 61.6 Å². The molecule has 3 saturated heterocycles. The van der Waals surface area contributed by atoms with E-state index in [2.05, 4.69) is 23.8 Å². The van der Waals surface area contributed by atoms with Crippen molar-refractivity contribution in [2.45, 2.75) is 329 Å². The Balaban J connectivity index is 0.000000231. The number of fused-ring (bicyclic) bond motifs is 8. The number of nitrogens with one attached hydrogen (secondary N) is 2. The summed E-state index contributed by atoms with van der Waals surface area (Å²) in [6.07, 6.45) is -9.80. The van der Waals surface area contributed by atoms with Crippen molar-refractivity contribution in [1.29, 1.82) is 0 Å². The second-order valence-corrected chi connectivity index (χ2v) is 39.0. The first-order valence-electron chi connectivity index (χ1n) is 41.8. The third-order valence-electron chi connectivity index (χ3n) is 27.6. The Labute approximate surface area is 694 Å². The van der Waals surface area contributed by atoms with Gasteiger partial charge in [-0.2, -0.15) is 0 Å². The molecule has 26 atom stereocenters. The van der Waals surface area contributed by atoms with Crippen molar-refractivity contribution < 1.29 is 120 Å². The number of alkyl carbamates (subject to hydrolysis) is 2. The molecule has 12 rings (SSSR count).